The van der Waals surface area contributed by atoms with Crippen molar-refractivity contribution in [2.24, 2.45) is 0 Å². The van der Waals surface area contributed by atoms with Crippen LogP contribution >= 0.6 is 0 Å². The van der Waals surface area contributed by atoms with Gasteiger partial charge in [0.15, 0.2) is 0 Å². The fraction of sp³-hybridized carbons (Fsp3) is 0.900. The lowest BCUT2D eigenvalue weighted by Gasteiger charge is -2.05. The van der Waals surface area contributed by atoms with E-state index in [1.807, 2.05) is 13.8 Å². The van der Waals surface area contributed by atoms with Crippen molar-refractivity contribution in [2.75, 3.05) is 20.6 Å². The Morgan fingerprint density at radius 2 is 1.69 bits per heavy atom. The van der Waals surface area contributed by atoms with Crippen molar-refractivity contribution >= 4 is 5.97 Å². The van der Waals surface area contributed by atoms with Gasteiger partial charge in [0, 0.05) is 6.42 Å². The molecule has 3 heteroatoms. The van der Waals surface area contributed by atoms with Crippen molar-refractivity contribution in [3.63, 3.8) is 0 Å². The minimum Gasteiger partial charge on any atom is -0.481 e. The Kier molecular flexibility index (Phi) is 13.1. The summed E-state index contributed by atoms with van der Waals surface area (Å²) < 4.78 is 0. The molecular formula is C10H24NO2+. The van der Waals surface area contributed by atoms with E-state index < -0.39 is 5.97 Å². The average molecular weight is 190 g/mol. The number of aliphatic carboxylic acids is 1. The quantitative estimate of drug-likeness (QED) is 0.608. The Hall–Kier alpha value is -0.570. The van der Waals surface area contributed by atoms with Gasteiger partial charge in [0.2, 0.25) is 0 Å². The van der Waals surface area contributed by atoms with Gasteiger partial charge in [0.25, 0.3) is 0 Å². The van der Waals surface area contributed by atoms with Gasteiger partial charge in [0.05, 0.1) is 20.6 Å². The summed E-state index contributed by atoms with van der Waals surface area (Å²) in [7, 11) is 4.22. The smallest absolute Gasteiger partial charge is 0.303 e. The lowest BCUT2D eigenvalue weighted by Crippen LogP contribution is -3.05. The fourth-order valence-corrected chi connectivity index (χ4v) is 0.932. The summed E-state index contributed by atoms with van der Waals surface area (Å²) >= 11 is 0. The number of nitrogens with one attached hydrogen (secondary N) is 1. The highest BCUT2D eigenvalue weighted by Crippen LogP contribution is 1.97. The number of carboxylic acids is 1. The lowest BCUT2D eigenvalue weighted by molar-refractivity contribution is -0.858. The van der Waals surface area contributed by atoms with Crippen molar-refractivity contribution < 1.29 is 14.8 Å². The minimum atomic E-state index is -0.679. The molecule has 0 heterocycles. The molecule has 0 aromatic heterocycles. The summed E-state index contributed by atoms with van der Waals surface area (Å²) in [6.07, 6.45) is 3.32. The fourth-order valence-electron chi connectivity index (χ4n) is 0.932. The minimum absolute atomic E-state index is 0.322. The summed E-state index contributed by atoms with van der Waals surface area (Å²) in [5.41, 5.74) is 0. The number of rotatable bonds is 6. The predicted molar refractivity (Wildman–Crippen MR) is 55.1 cm³/mol. The van der Waals surface area contributed by atoms with E-state index in [-0.39, 0.29) is 0 Å². The molecule has 0 unspecified atom stereocenters. The van der Waals surface area contributed by atoms with Gasteiger partial charge in [-0.15, -0.1) is 0 Å². The van der Waals surface area contributed by atoms with Crippen LogP contribution in [0.5, 0.6) is 0 Å². The Morgan fingerprint density at radius 3 is 2.08 bits per heavy atom. The van der Waals surface area contributed by atoms with Gasteiger partial charge in [-0.2, -0.15) is 0 Å². The lowest BCUT2D eigenvalue weighted by atomic mass is 10.2. The molecule has 0 saturated heterocycles. The van der Waals surface area contributed by atoms with E-state index >= 15 is 0 Å². The van der Waals surface area contributed by atoms with Crippen molar-refractivity contribution in [2.45, 2.75) is 39.5 Å². The van der Waals surface area contributed by atoms with E-state index in [4.69, 9.17) is 5.11 Å². The SMILES string of the molecule is CC.C[NH+](C)CCCCCC(=O)O. The van der Waals surface area contributed by atoms with E-state index in [2.05, 4.69) is 14.1 Å². The molecule has 0 rings (SSSR count). The highest BCUT2D eigenvalue weighted by Gasteiger charge is 1.97. The van der Waals surface area contributed by atoms with Gasteiger partial charge >= 0.3 is 5.97 Å². The molecule has 0 aliphatic heterocycles. The molecule has 0 fully saturated rings. The summed E-state index contributed by atoms with van der Waals surface area (Å²) in [6, 6.07) is 0. The number of carbonyl (C=O) groups is 1. The number of unbranched alkanes of at least 4 members (excludes halogenated alkanes) is 2. The van der Waals surface area contributed by atoms with Crippen LogP contribution in [0.15, 0.2) is 0 Å². The summed E-state index contributed by atoms with van der Waals surface area (Å²) in [4.78, 5) is 11.5. The van der Waals surface area contributed by atoms with Crippen LogP contribution in [0, 0.1) is 0 Å². The normalized spacial score (nSPS) is 9.31. The second-order valence-corrected chi connectivity index (χ2v) is 3.16. The second-order valence-electron chi connectivity index (χ2n) is 3.16. The number of hydrogen-bond acceptors (Lipinski definition) is 1. The molecule has 0 aromatic rings. The molecule has 0 atom stereocenters. The summed E-state index contributed by atoms with van der Waals surface area (Å²) in [5.74, 6) is -0.679. The van der Waals surface area contributed by atoms with Crippen LogP contribution in [0.2, 0.25) is 0 Å². The average Bonchev–Trinajstić information content (AvgIpc) is 2.06. The predicted octanol–water partition coefficient (Wildman–Crippen LogP) is 0.802. The van der Waals surface area contributed by atoms with Gasteiger partial charge in [-0.25, -0.2) is 0 Å². The van der Waals surface area contributed by atoms with E-state index in [0.717, 1.165) is 25.8 Å². The molecule has 0 radical (unpaired) electrons. The van der Waals surface area contributed by atoms with E-state index in [0.29, 0.717) is 6.42 Å². The summed E-state index contributed by atoms with van der Waals surface area (Å²) in [5, 5.41) is 8.32. The zero-order chi connectivity index (χ0) is 10.7. The van der Waals surface area contributed by atoms with Gasteiger partial charge in [-0.3, -0.25) is 4.79 Å². The van der Waals surface area contributed by atoms with Gasteiger partial charge in [0.1, 0.15) is 0 Å². The van der Waals surface area contributed by atoms with Crippen LogP contribution in [0.3, 0.4) is 0 Å². The molecular weight excluding hydrogens is 166 g/mol. The molecule has 0 spiro atoms. The van der Waals surface area contributed by atoms with Crippen LogP contribution in [-0.2, 0) is 4.79 Å². The van der Waals surface area contributed by atoms with E-state index in [9.17, 15) is 4.79 Å². The molecule has 0 amide bonds. The topological polar surface area (TPSA) is 41.7 Å². The van der Waals surface area contributed by atoms with Crippen molar-refractivity contribution in [3.8, 4) is 0 Å². The molecule has 0 saturated carbocycles. The standard InChI is InChI=1S/C8H17NO2.C2H6/c1-9(2)7-5-3-4-6-8(10)11;1-2/h3-7H2,1-2H3,(H,10,11);1-2H3/p+1. The number of carboxylic acid groups (broad SMARTS) is 1. The maximum atomic E-state index is 10.1. The van der Waals surface area contributed by atoms with Crippen molar-refractivity contribution in [3.05, 3.63) is 0 Å². The molecule has 13 heavy (non-hydrogen) atoms. The molecule has 3 nitrogen and oxygen atoms in total. The summed E-state index contributed by atoms with van der Waals surface area (Å²) in [6.45, 7) is 5.14. The Morgan fingerprint density at radius 1 is 1.15 bits per heavy atom. The first-order valence-electron chi connectivity index (χ1n) is 5.13. The van der Waals surface area contributed by atoms with Crippen molar-refractivity contribution in [1.82, 2.24) is 0 Å². The first-order chi connectivity index (χ1) is 6.13. The number of quaternary nitrogens is 1. The molecule has 2 N–H and O–H groups in total. The zero-order valence-electron chi connectivity index (χ0n) is 9.39. The molecule has 0 aliphatic rings. The van der Waals surface area contributed by atoms with Crippen LogP contribution in [0.25, 0.3) is 0 Å². The largest absolute Gasteiger partial charge is 0.481 e. The Bertz CT molecular complexity index is 113. The Labute approximate surface area is 81.7 Å². The van der Waals surface area contributed by atoms with Crippen LogP contribution < -0.4 is 4.90 Å². The first-order valence-corrected chi connectivity index (χ1v) is 5.13. The zero-order valence-corrected chi connectivity index (χ0v) is 9.39. The molecule has 0 bridgehead atoms. The molecule has 0 aromatic carbocycles. The van der Waals surface area contributed by atoms with Crippen LogP contribution in [0.4, 0.5) is 0 Å². The molecule has 80 valence electrons. The second kappa shape index (κ2) is 11.4. The third-order valence-corrected chi connectivity index (χ3v) is 1.57. The monoisotopic (exact) mass is 190 g/mol. The molecule has 0 aliphatic carbocycles. The number of hydrogen-bond donors (Lipinski definition) is 2. The van der Waals surface area contributed by atoms with Gasteiger partial charge in [-0.05, 0) is 19.3 Å². The maximum absolute atomic E-state index is 10.1. The van der Waals surface area contributed by atoms with Gasteiger partial charge < -0.3 is 10.0 Å². The van der Waals surface area contributed by atoms with Crippen LogP contribution in [0.1, 0.15) is 39.5 Å². The Balaban J connectivity index is 0. The van der Waals surface area contributed by atoms with E-state index in [1.165, 1.54) is 4.90 Å². The third-order valence-electron chi connectivity index (χ3n) is 1.57. The van der Waals surface area contributed by atoms with Crippen molar-refractivity contribution in [1.29, 1.82) is 0 Å². The highest BCUT2D eigenvalue weighted by atomic mass is 16.4. The maximum Gasteiger partial charge on any atom is 0.303 e. The van der Waals surface area contributed by atoms with Gasteiger partial charge in [-0.1, -0.05) is 13.8 Å². The third kappa shape index (κ3) is 18.4. The van der Waals surface area contributed by atoms with Crippen LogP contribution in [-0.4, -0.2) is 31.7 Å². The van der Waals surface area contributed by atoms with E-state index in [1.54, 1.807) is 0 Å². The first kappa shape index (κ1) is 14.9. The highest BCUT2D eigenvalue weighted by molar-refractivity contribution is 5.66.